The van der Waals surface area contributed by atoms with Crippen LogP contribution < -0.4 is 10.1 Å². The lowest BCUT2D eigenvalue weighted by Gasteiger charge is -2.17. The Kier molecular flexibility index (Phi) is 6.28. The Morgan fingerprint density at radius 2 is 2.00 bits per heavy atom. The lowest BCUT2D eigenvalue weighted by molar-refractivity contribution is 0.0942. The average Bonchev–Trinajstić information content (AvgIpc) is 2.39. The number of rotatable bonds is 7. The summed E-state index contributed by atoms with van der Waals surface area (Å²) >= 11 is 0. The predicted molar refractivity (Wildman–Crippen MR) is 76.6 cm³/mol. The van der Waals surface area contributed by atoms with E-state index >= 15 is 0 Å². The van der Waals surface area contributed by atoms with Gasteiger partial charge in [-0.15, -0.1) is 0 Å². The second kappa shape index (κ2) is 7.48. The van der Waals surface area contributed by atoms with Crippen LogP contribution in [0.1, 0.15) is 36.5 Å². The van der Waals surface area contributed by atoms with Gasteiger partial charge in [0.05, 0.1) is 19.8 Å². The van der Waals surface area contributed by atoms with Crippen LogP contribution in [-0.2, 0) is 6.54 Å². The Morgan fingerprint density at radius 3 is 2.53 bits per heavy atom. The molecule has 0 fully saturated rings. The van der Waals surface area contributed by atoms with Gasteiger partial charge in [-0.25, -0.2) is 0 Å². The molecule has 1 aromatic carbocycles. The number of methoxy groups -OCH3 is 1. The minimum atomic E-state index is -0.705. The fraction of sp³-hybridized carbons (Fsp3) is 0.600. The summed E-state index contributed by atoms with van der Waals surface area (Å²) in [4.78, 5) is 0. The SMILES string of the molecule is COc1cc(C)c(CNCC(O)CO)cc1C(C)C. The highest BCUT2D eigenvalue weighted by Gasteiger charge is 2.11. The van der Waals surface area contributed by atoms with Crippen molar-refractivity contribution in [3.63, 3.8) is 0 Å². The Bertz CT molecular complexity index is 405. The highest BCUT2D eigenvalue weighted by Crippen LogP contribution is 2.29. The van der Waals surface area contributed by atoms with Crippen molar-refractivity contribution in [3.8, 4) is 5.75 Å². The van der Waals surface area contributed by atoms with Crippen molar-refractivity contribution < 1.29 is 14.9 Å². The predicted octanol–water partition coefficient (Wildman–Crippen LogP) is 1.57. The topological polar surface area (TPSA) is 61.7 Å². The molecular weight excluding hydrogens is 242 g/mol. The van der Waals surface area contributed by atoms with Gasteiger partial charge in [0.2, 0.25) is 0 Å². The van der Waals surface area contributed by atoms with Gasteiger partial charge in [-0.1, -0.05) is 19.9 Å². The molecule has 0 aliphatic carbocycles. The largest absolute Gasteiger partial charge is 0.496 e. The summed E-state index contributed by atoms with van der Waals surface area (Å²) in [5, 5.41) is 21.2. The molecule has 0 saturated carbocycles. The molecule has 0 aliphatic rings. The summed E-state index contributed by atoms with van der Waals surface area (Å²) < 4.78 is 5.41. The quantitative estimate of drug-likeness (QED) is 0.702. The third kappa shape index (κ3) is 4.49. The lowest BCUT2D eigenvalue weighted by atomic mass is 9.96. The van der Waals surface area contributed by atoms with E-state index in [0.717, 1.165) is 11.3 Å². The number of hydrogen-bond donors (Lipinski definition) is 3. The zero-order valence-corrected chi connectivity index (χ0v) is 12.2. The van der Waals surface area contributed by atoms with Crippen molar-refractivity contribution in [1.82, 2.24) is 5.32 Å². The molecular formula is C15H25NO3. The average molecular weight is 267 g/mol. The fourth-order valence-electron chi connectivity index (χ4n) is 2.00. The van der Waals surface area contributed by atoms with Crippen LogP contribution in [0.4, 0.5) is 0 Å². The molecule has 0 bridgehead atoms. The molecule has 1 rings (SSSR count). The first-order chi connectivity index (χ1) is 8.99. The summed E-state index contributed by atoms with van der Waals surface area (Å²) in [7, 11) is 1.69. The number of ether oxygens (including phenoxy) is 1. The zero-order valence-electron chi connectivity index (χ0n) is 12.2. The maximum absolute atomic E-state index is 9.30. The van der Waals surface area contributed by atoms with Crippen molar-refractivity contribution in [2.75, 3.05) is 20.3 Å². The lowest BCUT2D eigenvalue weighted by Crippen LogP contribution is -2.29. The van der Waals surface area contributed by atoms with Crippen molar-refractivity contribution in [1.29, 1.82) is 0 Å². The van der Waals surface area contributed by atoms with Crippen molar-refractivity contribution in [3.05, 3.63) is 28.8 Å². The third-order valence-corrected chi connectivity index (χ3v) is 3.22. The van der Waals surface area contributed by atoms with E-state index in [9.17, 15) is 5.11 Å². The Morgan fingerprint density at radius 1 is 1.32 bits per heavy atom. The highest BCUT2D eigenvalue weighted by atomic mass is 16.5. The first-order valence-electron chi connectivity index (χ1n) is 6.66. The first kappa shape index (κ1) is 16.0. The van der Waals surface area contributed by atoms with Crippen molar-refractivity contribution >= 4 is 0 Å². The van der Waals surface area contributed by atoms with Crippen LogP contribution in [0.5, 0.6) is 5.75 Å². The van der Waals surface area contributed by atoms with E-state index in [2.05, 4.69) is 31.3 Å². The van der Waals surface area contributed by atoms with E-state index < -0.39 is 6.10 Å². The number of aliphatic hydroxyl groups excluding tert-OH is 2. The number of aliphatic hydroxyl groups is 2. The number of aryl methyl sites for hydroxylation is 1. The van der Waals surface area contributed by atoms with Gasteiger partial charge >= 0.3 is 0 Å². The van der Waals surface area contributed by atoms with Crippen LogP contribution in [0.15, 0.2) is 12.1 Å². The van der Waals surface area contributed by atoms with Crippen LogP contribution in [0, 0.1) is 6.92 Å². The fourth-order valence-corrected chi connectivity index (χ4v) is 2.00. The van der Waals surface area contributed by atoms with E-state index in [1.165, 1.54) is 11.1 Å². The molecule has 0 spiro atoms. The van der Waals surface area contributed by atoms with Gasteiger partial charge in [-0.2, -0.15) is 0 Å². The molecule has 4 nitrogen and oxygen atoms in total. The standard InChI is InChI=1S/C15H25NO3/c1-10(2)14-6-12(7-16-8-13(18)9-17)11(3)5-15(14)19-4/h5-6,10,13,16-18H,7-9H2,1-4H3. The summed E-state index contributed by atoms with van der Waals surface area (Å²) in [6.45, 7) is 7.17. The summed E-state index contributed by atoms with van der Waals surface area (Å²) in [5.41, 5.74) is 3.54. The molecule has 1 atom stereocenters. The van der Waals surface area contributed by atoms with Gasteiger partial charge in [0.25, 0.3) is 0 Å². The monoisotopic (exact) mass is 267 g/mol. The van der Waals surface area contributed by atoms with E-state index in [1.807, 2.05) is 6.92 Å². The molecule has 0 saturated heterocycles. The van der Waals surface area contributed by atoms with Gasteiger partial charge in [-0.05, 0) is 35.6 Å². The summed E-state index contributed by atoms with van der Waals surface area (Å²) in [6.07, 6.45) is -0.705. The normalized spacial score (nSPS) is 12.8. The molecule has 19 heavy (non-hydrogen) atoms. The summed E-state index contributed by atoms with van der Waals surface area (Å²) in [5.74, 6) is 1.32. The molecule has 1 unspecified atom stereocenters. The van der Waals surface area contributed by atoms with Crippen LogP contribution in [0.25, 0.3) is 0 Å². The maximum atomic E-state index is 9.30. The van der Waals surface area contributed by atoms with Crippen LogP contribution in [-0.4, -0.2) is 36.6 Å². The molecule has 4 heteroatoms. The molecule has 3 N–H and O–H groups in total. The van der Waals surface area contributed by atoms with Crippen LogP contribution in [0.3, 0.4) is 0 Å². The van der Waals surface area contributed by atoms with E-state index in [4.69, 9.17) is 9.84 Å². The Balaban J connectivity index is 2.80. The van der Waals surface area contributed by atoms with Gasteiger partial charge in [0.15, 0.2) is 0 Å². The highest BCUT2D eigenvalue weighted by molar-refractivity contribution is 5.43. The molecule has 0 aliphatic heterocycles. The number of hydrogen-bond acceptors (Lipinski definition) is 4. The second-order valence-electron chi connectivity index (χ2n) is 5.14. The van der Waals surface area contributed by atoms with Gasteiger partial charge in [0, 0.05) is 13.1 Å². The molecule has 0 heterocycles. The van der Waals surface area contributed by atoms with Crippen molar-refractivity contribution in [2.24, 2.45) is 0 Å². The van der Waals surface area contributed by atoms with Crippen LogP contribution in [0.2, 0.25) is 0 Å². The maximum Gasteiger partial charge on any atom is 0.122 e. The Hall–Kier alpha value is -1.10. The minimum Gasteiger partial charge on any atom is -0.496 e. The molecule has 1 aromatic rings. The smallest absolute Gasteiger partial charge is 0.122 e. The van der Waals surface area contributed by atoms with Crippen molar-refractivity contribution in [2.45, 2.75) is 39.3 Å². The summed E-state index contributed by atoms with van der Waals surface area (Å²) in [6, 6.07) is 4.20. The minimum absolute atomic E-state index is 0.216. The van der Waals surface area contributed by atoms with E-state index in [1.54, 1.807) is 7.11 Å². The Labute approximate surface area is 115 Å². The second-order valence-corrected chi connectivity index (χ2v) is 5.14. The van der Waals surface area contributed by atoms with Gasteiger partial charge in [-0.3, -0.25) is 0 Å². The third-order valence-electron chi connectivity index (χ3n) is 3.22. The zero-order chi connectivity index (χ0) is 14.4. The number of nitrogens with one attached hydrogen (secondary N) is 1. The number of benzene rings is 1. The molecule has 0 aromatic heterocycles. The molecule has 0 amide bonds. The van der Waals surface area contributed by atoms with Gasteiger partial charge < -0.3 is 20.3 Å². The first-order valence-corrected chi connectivity index (χ1v) is 6.66. The van der Waals surface area contributed by atoms with Gasteiger partial charge in [0.1, 0.15) is 5.75 Å². The van der Waals surface area contributed by atoms with E-state index in [0.29, 0.717) is 19.0 Å². The van der Waals surface area contributed by atoms with E-state index in [-0.39, 0.29) is 6.61 Å². The van der Waals surface area contributed by atoms with Crippen LogP contribution >= 0.6 is 0 Å². The molecule has 0 radical (unpaired) electrons. The molecule has 108 valence electrons.